The van der Waals surface area contributed by atoms with Crippen LogP contribution in [0.1, 0.15) is 23.5 Å². The average molecular weight is 331 g/mol. The second kappa shape index (κ2) is 7.09. The van der Waals surface area contributed by atoms with Crippen LogP contribution in [0.15, 0.2) is 48.5 Å². The molecule has 2 N–H and O–H groups in total. The zero-order chi connectivity index (χ0) is 17.1. The minimum Gasteiger partial charge on any atom is -0.394 e. The molecule has 1 fully saturated rings. The number of benzene rings is 2. The Balaban J connectivity index is 1.60. The van der Waals surface area contributed by atoms with Crippen molar-refractivity contribution in [2.75, 3.05) is 6.61 Å². The smallest absolute Gasteiger partial charge is 0.224 e. The van der Waals surface area contributed by atoms with E-state index in [1.807, 2.05) is 30.3 Å². The first-order chi connectivity index (χ1) is 11.6. The van der Waals surface area contributed by atoms with E-state index in [1.54, 1.807) is 0 Å². The molecule has 2 aromatic rings. The predicted molar refractivity (Wildman–Crippen MR) is 86.4 cm³/mol. The third kappa shape index (κ3) is 3.62. The van der Waals surface area contributed by atoms with Crippen molar-refractivity contribution >= 4 is 5.91 Å². The number of rotatable bonds is 6. The molecule has 1 aliphatic rings. The molecule has 0 aromatic heterocycles. The summed E-state index contributed by atoms with van der Waals surface area (Å²) in [5.74, 6) is -2.65. The SMILES string of the molecule is O=C(NC(CO)Cc1ccccc1)C1CC1c1cccc(F)c1F. The van der Waals surface area contributed by atoms with Crippen LogP contribution in [-0.4, -0.2) is 23.7 Å². The number of amides is 1. The fourth-order valence-corrected chi connectivity index (χ4v) is 3.00. The normalized spacial score (nSPS) is 20.5. The Morgan fingerprint density at radius 2 is 1.92 bits per heavy atom. The molecule has 0 bridgehead atoms. The first-order valence-corrected chi connectivity index (χ1v) is 7.99. The number of nitrogens with one attached hydrogen (secondary N) is 1. The van der Waals surface area contributed by atoms with Gasteiger partial charge in [-0.05, 0) is 36.0 Å². The molecule has 5 heteroatoms. The maximum Gasteiger partial charge on any atom is 0.224 e. The second-order valence-corrected chi connectivity index (χ2v) is 6.17. The molecule has 1 saturated carbocycles. The van der Waals surface area contributed by atoms with Crippen LogP contribution in [0.5, 0.6) is 0 Å². The van der Waals surface area contributed by atoms with Gasteiger partial charge in [0.15, 0.2) is 11.6 Å². The van der Waals surface area contributed by atoms with Gasteiger partial charge in [-0.25, -0.2) is 8.78 Å². The Bertz CT molecular complexity index is 721. The predicted octanol–water partition coefficient (Wildman–Crippen LogP) is 2.79. The van der Waals surface area contributed by atoms with Gasteiger partial charge in [-0.15, -0.1) is 0 Å². The van der Waals surface area contributed by atoms with Gasteiger partial charge in [0.2, 0.25) is 5.91 Å². The lowest BCUT2D eigenvalue weighted by Crippen LogP contribution is -2.40. The van der Waals surface area contributed by atoms with Crippen molar-refractivity contribution in [2.24, 2.45) is 5.92 Å². The summed E-state index contributed by atoms with van der Waals surface area (Å²) < 4.78 is 27.1. The number of aliphatic hydroxyl groups is 1. The Kier molecular flexibility index (Phi) is 4.90. The summed E-state index contributed by atoms with van der Waals surface area (Å²) in [5, 5.41) is 12.3. The van der Waals surface area contributed by atoms with Crippen LogP contribution in [0.2, 0.25) is 0 Å². The van der Waals surface area contributed by atoms with E-state index in [4.69, 9.17) is 0 Å². The third-order valence-corrected chi connectivity index (χ3v) is 4.40. The number of aliphatic hydroxyl groups excluding tert-OH is 1. The zero-order valence-corrected chi connectivity index (χ0v) is 13.1. The summed E-state index contributed by atoms with van der Waals surface area (Å²) in [6, 6.07) is 13.2. The van der Waals surface area contributed by atoms with E-state index in [9.17, 15) is 18.7 Å². The molecule has 3 unspecified atom stereocenters. The number of hydrogen-bond donors (Lipinski definition) is 2. The molecule has 24 heavy (non-hydrogen) atoms. The summed E-state index contributed by atoms with van der Waals surface area (Å²) in [6.07, 6.45) is 1.02. The average Bonchev–Trinajstić information content (AvgIpc) is 3.38. The largest absolute Gasteiger partial charge is 0.394 e. The fraction of sp³-hybridized carbons (Fsp3) is 0.316. The van der Waals surface area contributed by atoms with Gasteiger partial charge in [0.1, 0.15) is 0 Å². The maximum atomic E-state index is 13.8. The van der Waals surface area contributed by atoms with Gasteiger partial charge < -0.3 is 10.4 Å². The van der Waals surface area contributed by atoms with Crippen LogP contribution in [0.3, 0.4) is 0 Å². The highest BCUT2D eigenvalue weighted by Crippen LogP contribution is 2.48. The first-order valence-electron chi connectivity index (χ1n) is 7.99. The molecule has 3 rings (SSSR count). The maximum absolute atomic E-state index is 13.8. The number of carbonyl (C=O) groups excluding carboxylic acids is 1. The monoisotopic (exact) mass is 331 g/mol. The highest BCUT2D eigenvalue weighted by Gasteiger charge is 2.45. The van der Waals surface area contributed by atoms with Gasteiger partial charge in [0.25, 0.3) is 0 Å². The van der Waals surface area contributed by atoms with Crippen molar-refractivity contribution in [1.29, 1.82) is 0 Å². The molecule has 2 aromatic carbocycles. The third-order valence-electron chi connectivity index (χ3n) is 4.40. The summed E-state index contributed by atoms with van der Waals surface area (Å²) in [6.45, 7) is -0.174. The quantitative estimate of drug-likeness (QED) is 0.855. The Morgan fingerprint density at radius 1 is 1.17 bits per heavy atom. The number of hydrogen-bond acceptors (Lipinski definition) is 2. The Hall–Kier alpha value is -2.27. The lowest BCUT2D eigenvalue weighted by molar-refractivity contribution is -0.123. The molecule has 0 heterocycles. The van der Waals surface area contributed by atoms with Crippen molar-refractivity contribution in [2.45, 2.75) is 24.8 Å². The molecule has 3 nitrogen and oxygen atoms in total. The zero-order valence-electron chi connectivity index (χ0n) is 13.1. The van der Waals surface area contributed by atoms with Crippen molar-refractivity contribution in [1.82, 2.24) is 5.32 Å². The fourth-order valence-electron chi connectivity index (χ4n) is 3.00. The lowest BCUT2D eigenvalue weighted by Gasteiger charge is -2.16. The van der Waals surface area contributed by atoms with E-state index >= 15 is 0 Å². The van der Waals surface area contributed by atoms with Gasteiger partial charge in [-0.2, -0.15) is 0 Å². The minimum absolute atomic E-state index is 0.174. The second-order valence-electron chi connectivity index (χ2n) is 6.17. The van der Waals surface area contributed by atoms with Crippen LogP contribution < -0.4 is 5.32 Å². The molecule has 126 valence electrons. The van der Waals surface area contributed by atoms with E-state index in [2.05, 4.69) is 5.32 Å². The summed E-state index contributed by atoms with van der Waals surface area (Å²) in [4.78, 5) is 12.3. The van der Waals surface area contributed by atoms with Crippen LogP contribution >= 0.6 is 0 Å². The van der Waals surface area contributed by atoms with E-state index in [1.165, 1.54) is 12.1 Å². The van der Waals surface area contributed by atoms with Crippen LogP contribution in [0, 0.1) is 17.6 Å². The van der Waals surface area contributed by atoms with E-state index in [0.29, 0.717) is 12.8 Å². The first kappa shape index (κ1) is 16.6. The summed E-state index contributed by atoms with van der Waals surface area (Å²) >= 11 is 0. The van der Waals surface area contributed by atoms with Crippen molar-refractivity contribution in [3.05, 3.63) is 71.3 Å². The van der Waals surface area contributed by atoms with Gasteiger partial charge in [-0.3, -0.25) is 4.79 Å². The molecular weight excluding hydrogens is 312 g/mol. The minimum atomic E-state index is -0.893. The van der Waals surface area contributed by atoms with Crippen LogP contribution in [0.4, 0.5) is 8.78 Å². The standard InChI is InChI=1S/C19H19F2NO2/c20-17-8-4-7-14(18(17)21)15-10-16(15)19(24)22-13(11-23)9-12-5-2-1-3-6-12/h1-8,13,15-16,23H,9-11H2,(H,22,24). The summed E-state index contributed by atoms with van der Waals surface area (Å²) in [5.41, 5.74) is 1.26. The molecule has 1 aliphatic carbocycles. The van der Waals surface area contributed by atoms with E-state index < -0.39 is 17.7 Å². The summed E-state index contributed by atoms with van der Waals surface area (Å²) in [7, 11) is 0. The number of carbonyl (C=O) groups is 1. The van der Waals surface area contributed by atoms with Gasteiger partial charge in [-0.1, -0.05) is 42.5 Å². The molecule has 0 radical (unpaired) electrons. The Morgan fingerprint density at radius 3 is 2.62 bits per heavy atom. The highest BCUT2D eigenvalue weighted by atomic mass is 19.2. The van der Waals surface area contributed by atoms with Crippen LogP contribution in [-0.2, 0) is 11.2 Å². The highest BCUT2D eigenvalue weighted by molar-refractivity contribution is 5.83. The van der Waals surface area contributed by atoms with Crippen molar-refractivity contribution < 1.29 is 18.7 Å². The molecule has 0 saturated heterocycles. The van der Waals surface area contributed by atoms with E-state index in [-0.39, 0.29) is 29.9 Å². The van der Waals surface area contributed by atoms with Gasteiger partial charge in [0, 0.05) is 5.92 Å². The van der Waals surface area contributed by atoms with Gasteiger partial charge >= 0.3 is 0 Å². The molecule has 1 amide bonds. The Labute approximate surface area is 139 Å². The molecular formula is C19H19F2NO2. The lowest BCUT2D eigenvalue weighted by atomic mass is 10.1. The van der Waals surface area contributed by atoms with E-state index in [0.717, 1.165) is 11.6 Å². The molecule has 0 aliphatic heterocycles. The van der Waals surface area contributed by atoms with Crippen molar-refractivity contribution in [3.63, 3.8) is 0 Å². The van der Waals surface area contributed by atoms with Crippen LogP contribution in [0.25, 0.3) is 0 Å². The van der Waals surface area contributed by atoms with Gasteiger partial charge in [0.05, 0.1) is 12.6 Å². The number of halogens is 2. The topological polar surface area (TPSA) is 49.3 Å². The molecule has 0 spiro atoms. The van der Waals surface area contributed by atoms with Crippen molar-refractivity contribution in [3.8, 4) is 0 Å². The molecule has 3 atom stereocenters.